The van der Waals surface area contributed by atoms with Crippen LogP contribution >= 0.6 is 0 Å². The van der Waals surface area contributed by atoms with Crippen molar-refractivity contribution in [3.8, 4) is 11.5 Å². The molecule has 2 aromatic rings. The zero-order chi connectivity index (χ0) is 13.9. The van der Waals surface area contributed by atoms with Crippen molar-refractivity contribution in [3.05, 3.63) is 34.6 Å². The highest BCUT2D eigenvalue weighted by molar-refractivity contribution is 6.28. The number of phenols is 2. The van der Waals surface area contributed by atoms with E-state index in [0.29, 0.717) is 0 Å². The summed E-state index contributed by atoms with van der Waals surface area (Å²) in [4.78, 5) is 26.0. The summed E-state index contributed by atoms with van der Waals surface area (Å²) in [5, 5.41) is 23.5. The van der Waals surface area contributed by atoms with Crippen molar-refractivity contribution in [1.82, 2.24) is 9.78 Å². The zero-order valence-corrected chi connectivity index (χ0v) is 10.2. The van der Waals surface area contributed by atoms with Crippen LogP contribution < -0.4 is 4.80 Å². The second kappa shape index (κ2) is 3.41. The van der Waals surface area contributed by atoms with Gasteiger partial charge in [0.1, 0.15) is 11.5 Å². The fourth-order valence-corrected chi connectivity index (χ4v) is 2.24. The van der Waals surface area contributed by atoms with Gasteiger partial charge in [-0.3, -0.25) is 9.59 Å². The first-order chi connectivity index (χ1) is 8.93. The average molecular weight is 260 g/mol. The lowest BCUT2D eigenvalue weighted by atomic mass is 9.88. The van der Waals surface area contributed by atoms with Crippen LogP contribution in [0.4, 0.5) is 0 Å². The second-order valence-electron chi connectivity index (χ2n) is 4.32. The van der Waals surface area contributed by atoms with Gasteiger partial charge in [-0.25, -0.2) is 0 Å². The third-order valence-corrected chi connectivity index (χ3v) is 3.27. The number of benzene rings is 1. The van der Waals surface area contributed by atoms with Crippen molar-refractivity contribution in [2.75, 3.05) is 0 Å². The molecule has 1 aliphatic rings. The summed E-state index contributed by atoms with van der Waals surface area (Å²) in [6, 6.07) is 2.36. The van der Waals surface area contributed by atoms with E-state index < -0.39 is 11.6 Å². The Labute approximate surface area is 107 Å². The largest absolute Gasteiger partial charge is 0.507 e. The van der Waals surface area contributed by atoms with Gasteiger partial charge in [0, 0.05) is 5.10 Å². The van der Waals surface area contributed by atoms with Gasteiger partial charge in [-0.05, 0) is 16.9 Å². The smallest absolute Gasteiger partial charge is 0.224 e. The monoisotopic (exact) mass is 260 g/mol. The first-order valence-corrected chi connectivity index (χ1v) is 5.51. The molecule has 0 bridgehead atoms. The number of nitrogens with zero attached hydrogens (tertiary/aromatic N) is 3. The lowest BCUT2D eigenvalue weighted by Crippen LogP contribution is -2.41. The summed E-state index contributed by atoms with van der Waals surface area (Å²) >= 11 is 0. The third-order valence-electron chi connectivity index (χ3n) is 3.27. The van der Waals surface area contributed by atoms with E-state index in [-0.39, 0.29) is 34.0 Å². The van der Waals surface area contributed by atoms with Crippen LogP contribution in [0, 0.1) is 0 Å². The van der Waals surface area contributed by atoms with E-state index in [4.69, 9.17) is 0 Å². The lowest BCUT2D eigenvalue weighted by molar-refractivity contribution is -0.803. The molecule has 19 heavy (non-hydrogen) atoms. The Hall–Kier alpha value is -2.70. The van der Waals surface area contributed by atoms with E-state index in [1.54, 1.807) is 14.1 Å². The predicted molar refractivity (Wildman–Crippen MR) is 61.0 cm³/mol. The molecule has 0 amide bonds. The van der Waals surface area contributed by atoms with Crippen LogP contribution in [0.15, 0.2) is 12.1 Å². The van der Waals surface area contributed by atoms with E-state index in [0.717, 1.165) is 0 Å². The van der Waals surface area contributed by atoms with Crippen molar-refractivity contribution in [3.63, 3.8) is 0 Å². The molecule has 7 nitrogen and oxygen atoms in total. The van der Waals surface area contributed by atoms with Gasteiger partial charge in [0.05, 0.1) is 18.2 Å². The molecule has 0 atom stereocenters. The number of aromatic hydroxyl groups is 2. The highest BCUT2D eigenvalue weighted by Gasteiger charge is 2.41. The number of carbonyl (C=O) groups is 2. The van der Waals surface area contributed by atoms with Crippen LogP contribution in [0.5, 0.6) is 11.5 Å². The van der Waals surface area contributed by atoms with Crippen molar-refractivity contribution >= 4 is 11.6 Å². The van der Waals surface area contributed by atoms with Crippen LogP contribution in [-0.2, 0) is 14.1 Å². The molecule has 7 heteroatoms. The van der Waals surface area contributed by atoms with Gasteiger partial charge >= 0.3 is 0 Å². The molecule has 96 valence electrons. The maximum absolute atomic E-state index is 12.4. The average Bonchev–Trinajstić information content (AvgIpc) is 2.66. The lowest BCUT2D eigenvalue weighted by Gasteiger charge is -2.14. The predicted octanol–water partition coefficient (Wildman–Crippen LogP) is -0.569. The number of phenolic OH excluding ortho intramolecular Hbond substituents is 2. The molecular weight excluding hydrogens is 250 g/mol. The molecule has 0 saturated heterocycles. The van der Waals surface area contributed by atoms with Crippen molar-refractivity contribution in [1.29, 1.82) is 0 Å². The summed E-state index contributed by atoms with van der Waals surface area (Å²) in [6.45, 7) is 0. The molecule has 3 rings (SSSR count). The topological polar surface area (TPSA) is 96.3 Å². The third kappa shape index (κ3) is 1.26. The quantitative estimate of drug-likeness (QED) is 0.417. The second-order valence-corrected chi connectivity index (χ2v) is 4.32. The summed E-state index contributed by atoms with van der Waals surface area (Å²) in [5.74, 6) is -1.78. The first-order valence-electron chi connectivity index (χ1n) is 5.51. The number of carbonyl (C=O) groups excluding carboxylic acids is 2. The van der Waals surface area contributed by atoms with Crippen molar-refractivity contribution in [2.45, 2.75) is 0 Å². The van der Waals surface area contributed by atoms with Crippen LogP contribution in [0.25, 0.3) is 0 Å². The molecule has 2 N–H and O–H groups in total. The molecule has 1 heterocycles. The number of hydrogen-bond acceptors (Lipinski definition) is 5. The van der Waals surface area contributed by atoms with Crippen LogP contribution in [0.1, 0.15) is 32.1 Å². The maximum atomic E-state index is 12.4. The minimum atomic E-state index is -0.575. The molecule has 0 spiro atoms. The molecule has 0 fully saturated rings. The van der Waals surface area contributed by atoms with Gasteiger partial charge in [-0.1, -0.05) is 0 Å². The summed E-state index contributed by atoms with van der Waals surface area (Å²) in [7, 11) is 3.17. The van der Waals surface area contributed by atoms with Gasteiger partial charge in [0.25, 0.3) is 0 Å². The summed E-state index contributed by atoms with van der Waals surface area (Å²) < 4.78 is 1.42. The Morgan fingerprint density at radius 1 is 1.11 bits per heavy atom. The van der Waals surface area contributed by atoms with E-state index in [9.17, 15) is 19.8 Å². The highest BCUT2D eigenvalue weighted by atomic mass is 16.3. The van der Waals surface area contributed by atoms with E-state index >= 15 is 0 Å². The Kier molecular flexibility index (Phi) is 2.04. The number of hydrogen-bond donors (Lipinski definition) is 2. The highest BCUT2D eigenvalue weighted by Crippen LogP contribution is 2.36. The number of fused-ring (bicyclic) bond motifs is 2. The summed E-state index contributed by atoms with van der Waals surface area (Å²) in [6.07, 6.45) is 0. The van der Waals surface area contributed by atoms with E-state index in [2.05, 4.69) is 5.10 Å². The molecular formula is C12H10N3O4+. The fraction of sp³-hybridized carbons (Fsp3) is 0.167. The maximum Gasteiger partial charge on any atom is 0.224 e. The Bertz CT molecular complexity index is 761. The fourth-order valence-electron chi connectivity index (χ4n) is 2.24. The Morgan fingerprint density at radius 2 is 1.63 bits per heavy atom. The standard InChI is InChI=1S/C12H9N3O4/c1-14-10-9(13-15(14)2)11(18)7-5(16)3-4-6(17)8(7)12(10)19/h3-4H,1-2H3,(H,13,19)/p+1. The SMILES string of the molecule is Cn1c2c(n[n+]1C)C(=O)c1c(O)ccc(O)c1C2=O. The van der Waals surface area contributed by atoms with Gasteiger partial charge in [-0.15, -0.1) is 4.68 Å². The van der Waals surface area contributed by atoms with Crippen LogP contribution in [-0.4, -0.2) is 31.6 Å². The number of aromatic nitrogens is 3. The van der Waals surface area contributed by atoms with Gasteiger partial charge in [0.15, 0.2) is 12.7 Å². The minimum absolute atomic E-state index is 0.0246. The molecule has 0 saturated carbocycles. The zero-order valence-electron chi connectivity index (χ0n) is 10.2. The van der Waals surface area contributed by atoms with Crippen LogP contribution in [0.2, 0.25) is 0 Å². The number of aryl methyl sites for hydroxylation is 1. The number of rotatable bonds is 0. The van der Waals surface area contributed by atoms with Gasteiger partial charge in [0.2, 0.25) is 17.3 Å². The molecule has 1 aromatic heterocycles. The van der Waals surface area contributed by atoms with E-state index in [1.807, 2.05) is 0 Å². The first kappa shape index (κ1) is 11.4. The van der Waals surface area contributed by atoms with Crippen molar-refractivity contribution in [2.24, 2.45) is 14.1 Å². The van der Waals surface area contributed by atoms with E-state index in [1.165, 1.54) is 21.6 Å². The molecule has 1 aromatic carbocycles. The summed E-state index contributed by atoms with van der Waals surface area (Å²) in [5.41, 5.74) is -0.304. The molecule has 0 radical (unpaired) electrons. The van der Waals surface area contributed by atoms with Gasteiger partial charge < -0.3 is 10.2 Å². The van der Waals surface area contributed by atoms with Crippen LogP contribution in [0.3, 0.4) is 0 Å². The molecule has 1 aliphatic carbocycles. The number of ketones is 2. The van der Waals surface area contributed by atoms with Crippen molar-refractivity contribution < 1.29 is 24.6 Å². The Morgan fingerprint density at radius 3 is 2.21 bits per heavy atom. The molecule has 0 aliphatic heterocycles. The van der Waals surface area contributed by atoms with Gasteiger partial charge in [-0.2, -0.15) is 0 Å². The normalized spacial score (nSPS) is 13.4. The molecule has 0 unspecified atom stereocenters. The minimum Gasteiger partial charge on any atom is -0.507 e. The Balaban J connectivity index is 2.43.